The molecule has 0 aliphatic carbocycles. The molecule has 1 aliphatic rings. The first-order chi connectivity index (χ1) is 9.11. The summed E-state index contributed by atoms with van der Waals surface area (Å²) in [5.41, 5.74) is 0. The standard InChI is InChI=1S/C10H20O8S2/c1-4-15-10-6-5-8(18-20(3,13)14)9(17-10)7-16-19(2,11)12/h8-10H,4-7H2,1-3H3/t8-,9+,10-/m0/s1. The number of hydrogen-bond donors (Lipinski definition) is 0. The average molecular weight is 332 g/mol. The molecule has 1 fully saturated rings. The van der Waals surface area contributed by atoms with Crippen LogP contribution in [0.1, 0.15) is 19.8 Å². The smallest absolute Gasteiger partial charge is 0.264 e. The highest BCUT2D eigenvalue weighted by atomic mass is 32.2. The summed E-state index contributed by atoms with van der Waals surface area (Å²) in [5, 5.41) is 0. The van der Waals surface area contributed by atoms with Crippen LogP contribution in [0.15, 0.2) is 0 Å². The molecule has 1 saturated heterocycles. The van der Waals surface area contributed by atoms with Gasteiger partial charge in [0, 0.05) is 13.0 Å². The maximum Gasteiger partial charge on any atom is 0.264 e. The summed E-state index contributed by atoms with van der Waals surface area (Å²) in [6.07, 6.45) is 0.526. The monoisotopic (exact) mass is 332 g/mol. The van der Waals surface area contributed by atoms with Crippen molar-refractivity contribution in [1.29, 1.82) is 0 Å². The topological polar surface area (TPSA) is 105 Å². The van der Waals surface area contributed by atoms with Crippen molar-refractivity contribution in [3.8, 4) is 0 Å². The van der Waals surface area contributed by atoms with E-state index in [1.807, 2.05) is 0 Å². The Morgan fingerprint density at radius 3 is 2.25 bits per heavy atom. The van der Waals surface area contributed by atoms with E-state index in [-0.39, 0.29) is 6.61 Å². The molecule has 0 unspecified atom stereocenters. The fourth-order valence-corrected chi connectivity index (χ4v) is 2.87. The van der Waals surface area contributed by atoms with Crippen molar-refractivity contribution in [2.24, 2.45) is 0 Å². The van der Waals surface area contributed by atoms with Crippen molar-refractivity contribution in [3.63, 3.8) is 0 Å². The first kappa shape index (κ1) is 17.8. The number of rotatable bonds is 7. The van der Waals surface area contributed by atoms with Gasteiger partial charge in [0.15, 0.2) is 6.29 Å². The van der Waals surface area contributed by atoms with Crippen LogP contribution in [0, 0.1) is 0 Å². The molecule has 0 bridgehead atoms. The predicted octanol–water partition coefficient (Wildman–Crippen LogP) is -0.151. The third kappa shape index (κ3) is 6.95. The highest BCUT2D eigenvalue weighted by molar-refractivity contribution is 7.86. The van der Waals surface area contributed by atoms with Gasteiger partial charge in [-0.15, -0.1) is 0 Å². The molecule has 1 aliphatic heterocycles. The molecule has 20 heavy (non-hydrogen) atoms. The maximum absolute atomic E-state index is 11.2. The SMILES string of the molecule is CCO[C@@H]1CC[C@H](OS(C)(=O)=O)[C@@H](COS(C)(=O)=O)O1. The van der Waals surface area contributed by atoms with Gasteiger partial charge in [0.25, 0.3) is 20.2 Å². The molecule has 0 spiro atoms. The normalized spacial score (nSPS) is 28.4. The van der Waals surface area contributed by atoms with Gasteiger partial charge in [-0.05, 0) is 13.3 Å². The van der Waals surface area contributed by atoms with Crippen LogP contribution < -0.4 is 0 Å². The second-order valence-electron chi connectivity index (χ2n) is 4.46. The lowest BCUT2D eigenvalue weighted by Gasteiger charge is -2.34. The Morgan fingerprint density at radius 1 is 1.10 bits per heavy atom. The zero-order valence-corrected chi connectivity index (χ0v) is 13.3. The van der Waals surface area contributed by atoms with Gasteiger partial charge in [0.1, 0.15) is 12.2 Å². The summed E-state index contributed by atoms with van der Waals surface area (Å²) >= 11 is 0. The van der Waals surface area contributed by atoms with E-state index in [1.165, 1.54) is 0 Å². The van der Waals surface area contributed by atoms with Gasteiger partial charge < -0.3 is 9.47 Å². The van der Waals surface area contributed by atoms with Gasteiger partial charge in [0.05, 0.1) is 19.1 Å². The molecule has 0 aromatic rings. The Morgan fingerprint density at radius 2 is 1.75 bits per heavy atom. The van der Waals surface area contributed by atoms with E-state index in [2.05, 4.69) is 4.18 Å². The van der Waals surface area contributed by atoms with E-state index in [9.17, 15) is 16.8 Å². The van der Waals surface area contributed by atoms with Crippen LogP contribution >= 0.6 is 0 Å². The van der Waals surface area contributed by atoms with Gasteiger partial charge in [-0.2, -0.15) is 16.8 Å². The molecule has 0 radical (unpaired) electrons. The molecule has 0 N–H and O–H groups in total. The molecule has 10 heteroatoms. The van der Waals surface area contributed by atoms with Crippen LogP contribution in [0.3, 0.4) is 0 Å². The maximum atomic E-state index is 11.2. The zero-order valence-electron chi connectivity index (χ0n) is 11.6. The lowest BCUT2D eigenvalue weighted by molar-refractivity contribution is -0.221. The van der Waals surface area contributed by atoms with Crippen LogP contribution in [-0.4, -0.2) is 61.1 Å². The largest absolute Gasteiger partial charge is 0.353 e. The Bertz CT molecular complexity index is 497. The fourth-order valence-electron chi connectivity index (χ4n) is 1.82. The Labute approximate surface area is 119 Å². The van der Waals surface area contributed by atoms with Gasteiger partial charge in [-0.1, -0.05) is 0 Å². The van der Waals surface area contributed by atoms with Crippen molar-refractivity contribution >= 4 is 20.2 Å². The molecule has 0 aromatic carbocycles. The van der Waals surface area contributed by atoms with Crippen LogP contribution in [0.2, 0.25) is 0 Å². The summed E-state index contributed by atoms with van der Waals surface area (Å²) in [6, 6.07) is 0. The summed E-state index contributed by atoms with van der Waals surface area (Å²) in [4.78, 5) is 0. The highest BCUT2D eigenvalue weighted by Crippen LogP contribution is 2.24. The average Bonchev–Trinajstić information content (AvgIpc) is 2.26. The van der Waals surface area contributed by atoms with Crippen molar-refractivity contribution in [2.75, 3.05) is 25.7 Å². The molecular formula is C10H20O8S2. The molecule has 3 atom stereocenters. The lowest BCUT2D eigenvalue weighted by Crippen LogP contribution is -2.45. The highest BCUT2D eigenvalue weighted by Gasteiger charge is 2.35. The van der Waals surface area contributed by atoms with Gasteiger partial charge in [-0.3, -0.25) is 8.37 Å². The molecule has 0 aromatic heterocycles. The van der Waals surface area contributed by atoms with Crippen LogP contribution in [-0.2, 0) is 38.1 Å². The summed E-state index contributed by atoms with van der Waals surface area (Å²) in [6.45, 7) is 1.91. The Hall–Kier alpha value is -0.260. The second kappa shape index (κ2) is 7.14. The van der Waals surface area contributed by atoms with E-state index >= 15 is 0 Å². The third-order valence-electron chi connectivity index (χ3n) is 2.53. The first-order valence-electron chi connectivity index (χ1n) is 6.10. The van der Waals surface area contributed by atoms with Gasteiger partial charge in [0.2, 0.25) is 0 Å². The molecular weight excluding hydrogens is 312 g/mol. The Balaban J connectivity index is 2.71. The number of hydrogen-bond acceptors (Lipinski definition) is 8. The third-order valence-corrected chi connectivity index (χ3v) is 3.69. The Kier molecular flexibility index (Phi) is 6.35. The number of ether oxygens (including phenoxy) is 2. The molecule has 0 amide bonds. The van der Waals surface area contributed by atoms with Gasteiger partial charge in [-0.25, -0.2) is 0 Å². The van der Waals surface area contributed by atoms with Crippen molar-refractivity contribution in [2.45, 2.75) is 38.3 Å². The molecule has 1 rings (SSSR count). The van der Waals surface area contributed by atoms with Crippen LogP contribution in [0.25, 0.3) is 0 Å². The second-order valence-corrected chi connectivity index (χ2v) is 7.71. The minimum atomic E-state index is -3.67. The van der Waals surface area contributed by atoms with Crippen molar-refractivity contribution in [1.82, 2.24) is 0 Å². The van der Waals surface area contributed by atoms with Gasteiger partial charge >= 0.3 is 0 Å². The first-order valence-corrected chi connectivity index (χ1v) is 9.73. The quantitative estimate of drug-likeness (QED) is 0.593. The molecule has 120 valence electrons. The molecule has 1 heterocycles. The van der Waals surface area contributed by atoms with E-state index in [0.29, 0.717) is 19.4 Å². The van der Waals surface area contributed by atoms with Crippen LogP contribution in [0.5, 0.6) is 0 Å². The van der Waals surface area contributed by atoms with Crippen molar-refractivity contribution in [3.05, 3.63) is 0 Å². The van der Waals surface area contributed by atoms with E-state index in [0.717, 1.165) is 12.5 Å². The fraction of sp³-hybridized carbons (Fsp3) is 1.00. The summed E-state index contributed by atoms with van der Waals surface area (Å²) < 4.78 is 64.7. The minimum Gasteiger partial charge on any atom is -0.353 e. The van der Waals surface area contributed by atoms with E-state index < -0.39 is 38.7 Å². The summed E-state index contributed by atoms with van der Waals surface area (Å²) in [7, 11) is -7.31. The zero-order chi connectivity index (χ0) is 15.4. The minimum absolute atomic E-state index is 0.317. The van der Waals surface area contributed by atoms with Crippen molar-refractivity contribution < 1.29 is 34.7 Å². The molecule has 0 saturated carbocycles. The predicted molar refractivity (Wildman–Crippen MR) is 70.0 cm³/mol. The summed E-state index contributed by atoms with van der Waals surface area (Å²) in [5.74, 6) is 0. The van der Waals surface area contributed by atoms with E-state index in [4.69, 9.17) is 13.7 Å². The van der Waals surface area contributed by atoms with Crippen LogP contribution in [0.4, 0.5) is 0 Å². The van der Waals surface area contributed by atoms with E-state index in [1.54, 1.807) is 6.92 Å². The molecule has 8 nitrogen and oxygen atoms in total. The lowest BCUT2D eigenvalue weighted by atomic mass is 10.1.